The summed E-state index contributed by atoms with van der Waals surface area (Å²) >= 11 is 0. The van der Waals surface area contributed by atoms with Gasteiger partial charge in [-0.05, 0) is 33.4 Å². The molecule has 0 amide bonds. The van der Waals surface area contributed by atoms with E-state index in [0.29, 0.717) is 19.4 Å². The second-order valence-electron chi connectivity index (χ2n) is 8.28. The van der Waals surface area contributed by atoms with Gasteiger partial charge in [-0.15, -0.1) is 0 Å². The maximum Gasteiger partial charge on any atom is 0.267 e. The Balaban J connectivity index is 0. The highest BCUT2D eigenvalue weighted by Gasteiger charge is 2.10. The van der Waals surface area contributed by atoms with Crippen LogP contribution in [0.1, 0.15) is 122 Å². The third kappa shape index (κ3) is 30.0. The third-order valence-electron chi connectivity index (χ3n) is 5.04. The second kappa shape index (κ2) is 26.8. The number of nitrogens with one attached hydrogen (secondary N) is 1. The van der Waals surface area contributed by atoms with Gasteiger partial charge in [0.2, 0.25) is 0 Å². The summed E-state index contributed by atoms with van der Waals surface area (Å²) in [5.74, 6) is 0.134. The molecule has 0 aliphatic heterocycles. The normalized spacial score (nSPS) is 11.3. The Hall–Kier alpha value is -0.200. The maximum atomic E-state index is 11.9. The van der Waals surface area contributed by atoms with Crippen LogP contribution in [0.15, 0.2) is 0 Å². The number of hydrogen-bond donors (Lipinski definition) is 1. The van der Waals surface area contributed by atoms with E-state index >= 15 is 0 Å². The van der Waals surface area contributed by atoms with Crippen LogP contribution in [0.25, 0.3) is 0 Å². The van der Waals surface area contributed by atoms with Gasteiger partial charge < -0.3 is 5.32 Å². The molecule has 4 nitrogen and oxygen atoms in total. The summed E-state index contributed by atoms with van der Waals surface area (Å²) in [4.78, 5) is 0. The van der Waals surface area contributed by atoms with Crippen LogP contribution < -0.4 is 5.32 Å². The summed E-state index contributed by atoms with van der Waals surface area (Å²) in [7, 11) is 0.405. The van der Waals surface area contributed by atoms with E-state index in [2.05, 4.69) is 12.2 Å². The molecule has 0 radical (unpaired) electrons. The molecule has 0 bridgehead atoms. The minimum atomic E-state index is -3.35. The van der Waals surface area contributed by atoms with Crippen LogP contribution in [-0.4, -0.2) is 41.5 Å². The number of alkyl halides is 1. The Morgan fingerprint density at radius 2 is 1.00 bits per heavy atom. The van der Waals surface area contributed by atoms with Crippen molar-refractivity contribution < 1.29 is 17.0 Å². The monoisotopic (exact) mass is 453 g/mol. The summed E-state index contributed by atoms with van der Waals surface area (Å²) < 4.78 is 40.7. The van der Waals surface area contributed by atoms with E-state index in [1.807, 2.05) is 14.1 Å². The van der Waals surface area contributed by atoms with Crippen molar-refractivity contribution in [1.82, 2.24) is 5.32 Å². The van der Waals surface area contributed by atoms with Crippen molar-refractivity contribution in [2.75, 3.05) is 33.1 Å². The fraction of sp³-hybridized carbons (Fsp3) is 1.00. The summed E-state index contributed by atoms with van der Waals surface area (Å²) in [6.07, 6.45) is 20.1. The molecular weight excluding hydrogens is 401 g/mol. The Bertz CT molecular complexity index is 405. The van der Waals surface area contributed by atoms with E-state index in [0.717, 1.165) is 44.9 Å². The molecule has 0 saturated carbocycles. The first kappa shape index (κ1) is 32.0. The van der Waals surface area contributed by atoms with E-state index in [-0.39, 0.29) is 12.4 Å². The van der Waals surface area contributed by atoms with Crippen molar-refractivity contribution in [2.45, 2.75) is 122 Å². The average molecular weight is 454 g/mol. The van der Waals surface area contributed by atoms with Crippen molar-refractivity contribution in [1.29, 1.82) is 0 Å². The van der Waals surface area contributed by atoms with E-state index in [1.54, 1.807) is 0 Å². The van der Waals surface area contributed by atoms with Gasteiger partial charge in [0, 0.05) is 0 Å². The molecule has 0 unspecified atom stereocenters. The molecule has 0 atom stereocenters. The second-order valence-corrected chi connectivity index (χ2v) is 10.0. The average Bonchev–Trinajstić information content (AvgIpc) is 2.71. The molecule has 0 saturated heterocycles. The lowest BCUT2D eigenvalue weighted by atomic mass is 10.1. The first-order chi connectivity index (χ1) is 14.5. The summed E-state index contributed by atoms with van der Waals surface area (Å²) in [6.45, 7) is 2.35. The first-order valence-electron chi connectivity index (χ1n) is 12.6. The van der Waals surface area contributed by atoms with Crippen molar-refractivity contribution in [2.24, 2.45) is 0 Å². The van der Waals surface area contributed by atoms with Gasteiger partial charge >= 0.3 is 0 Å². The van der Waals surface area contributed by atoms with Crippen LogP contribution in [0.3, 0.4) is 0 Å². The number of hydrogen-bond acceptors (Lipinski definition) is 4. The highest BCUT2D eigenvalue weighted by atomic mass is 32.2. The first-order valence-corrected chi connectivity index (χ1v) is 14.1. The maximum absolute atomic E-state index is 11.9. The zero-order chi connectivity index (χ0) is 22.8. The summed E-state index contributed by atoms with van der Waals surface area (Å²) in [5.41, 5.74) is 0. The lowest BCUT2D eigenvalue weighted by Gasteiger charge is -2.06. The lowest BCUT2D eigenvalue weighted by molar-refractivity contribution is 0.305. The van der Waals surface area contributed by atoms with Crippen LogP contribution in [0.5, 0.6) is 0 Å². The predicted molar refractivity (Wildman–Crippen MR) is 129 cm³/mol. The van der Waals surface area contributed by atoms with Crippen molar-refractivity contribution in [3.05, 3.63) is 0 Å². The molecule has 1 N–H and O–H groups in total. The molecule has 6 heteroatoms. The fourth-order valence-corrected chi connectivity index (χ4v) is 4.32. The van der Waals surface area contributed by atoms with Gasteiger partial charge in [0.25, 0.3) is 10.1 Å². The van der Waals surface area contributed by atoms with E-state index in [4.69, 9.17) is 4.18 Å². The zero-order valence-corrected chi connectivity index (χ0v) is 21.2. The quantitative estimate of drug-likeness (QED) is 0.139. The summed E-state index contributed by atoms with van der Waals surface area (Å²) in [6, 6.07) is 0. The van der Waals surface area contributed by atoms with Gasteiger partial charge in [-0.25, -0.2) is 0 Å². The van der Waals surface area contributed by atoms with Crippen LogP contribution in [0.4, 0.5) is 4.39 Å². The van der Waals surface area contributed by atoms with E-state index in [1.165, 1.54) is 57.8 Å². The smallest absolute Gasteiger partial charge is 0.267 e. The zero-order valence-electron chi connectivity index (χ0n) is 20.4. The van der Waals surface area contributed by atoms with Gasteiger partial charge in [-0.2, -0.15) is 8.42 Å². The molecule has 0 aromatic heterocycles. The fourth-order valence-electron chi connectivity index (χ4n) is 3.27. The Morgan fingerprint density at radius 1 is 0.633 bits per heavy atom. The molecule has 0 aromatic carbocycles. The molecule has 0 spiro atoms. The molecular formula is C24H52FNO3S. The van der Waals surface area contributed by atoms with E-state index in [9.17, 15) is 12.8 Å². The van der Waals surface area contributed by atoms with Gasteiger partial charge in [0.15, 0.2) is 0 Å². The third-order valence-corrected chi connectivity index (χ3v) is 6.35. The molecule has 0 aromatic rings. The Kier molecular flexibility index (Phi) is 28.6. The van der Waals surface area contributed by atoms with Crippen molar-refractivity contribution >= 4 is 10.1 Å². The topological polar surface area (TPSA) is 55.4 Å². The molecule has 0 aliphatic carbocycles. The highest BCUT2D eigenvalue weighted by Crippen LogP contribution is 2.12. The molecule has 0 fully saturated rings. The number of unbranched alkanes of at least 4 members (excludes halogenated alkanes) is 16. The van der Waals surface area contributed by atoms with Gasteiger partial charge in [0.1, 0.15) is 0 Å². The minimum Gasteiger partial charge on any atom is -0.323 e. The lowest BCUT2D eigenvalue weighted by Crippen LogP contribution is -2.11. The highest BCUT2D eigenvalue weighted by molar-refractivity contribution is 7.86. The molecule has 0 aliphatic rings. The van der Waals surface area contributed by atoms with Gasteiger partial charge in [-0.3, -0.25) is 8.57 Å². The van der Waals surface area contributed by atoms with Crippen LogP contribution in [-0.2, 0) is 14.3 Å². The molecule has 0 heterocycles. The number of rotatable bonds is 22. The standard InChI is InChI=1S/C22H45FO3S.C2H7N/c1-2-3-4-5-6-7-8-9-12-15-18-21-26-27(24,25)22-19-16-13-10-11-14-17-20-23;1-3-2/h2-22H2,1H3;3H,1-2H3. The minimum absolute atomic E-state index is 0.134. The summed E-state index contributed by atoms with van der Waals surface area (Å²) in [5, 5.41) is 2.75. The Morgan fingerprint density at radius 3 is 1.43 bits per heavy atom. The Labute approximate surface area is 188 Å². The van der Waals surface area contributed by atoms with Crippen molar-refractivity contribution in [3.63, 3.8) is 0 Å². The predicted octanol–water partition coefficient (Wildman–Crippen LogP) is 7.18. The van der Waals surface area contributed by atoms with Gasteiger partial charge in [0.05, 0.1) is 19.0 Å². The number of halogens is 1. The van der Waals surface area contributed by atoms with E-state index < -0.39 is 10.1 Å². The van der Waals surface area contributed by atoms with Crippen LogP contribution in [0, 0.1) is 0 Å². The van der Waals surface area contributed by atoms with Crippen molar-refractivity contribution in [3.8, 4) is 0 Å². The van der Waals surface area contributed by atoms with Crippen LogP contribution in [0.2, 0.25) is 0 Å². The SMILES string of the molecule is CCCCCCCCCCCCCOS(=O)(=O)CCCCCCCCCF.CNC. The largest absolute Gasteiger partial charge is 0.323 e. The molecule has 0 rings (SSSR count). The van der Waals surface area contributed by atoms with Crippen LogP contribution >= 0.6 is 0 Å². The molecule has 30 heavy (non-hydrogen) atoms. The molecule has 184 valence electrons. The van der Waals surface area contributed by atoms with Gasteiger partial charge in [-0.1, -0.05) is 103 Å².